The molecule has 3 nitrogen and oxygen atoms in total. The molecule has 0 aliphatic heterocycles. The van der Waals surface area contributed by atoms with Gasteiger partial charge in [0.1, 0.15) is 5.82 Å². The van der Waals surface area contributed by atoms with Crippen molar-refractivity contribution < 1.29 is 0 Å². The second kappa shape index (κ2) is 5.52. The Bertz CT molecular complexity index is 563. The van der Waals surface area contributed by atoms with Crippen LogP contribution in [0.3, 0.4) is 0 Å². The topological polar surface area (TPSA) is 37.8 Å². The lowest BCUT2D eigenvalue weighted by Gasteiger charge is -2.08. The van der Waals surface area contributed by atoms with Gasteiger partial charge < -0.3 is 5.32 Å². The van der Waals surface area contributed by atoms with Gasteiger partial charge in [0, 0.05) is 16.4 Å². The average Bonchev–Trinajstić information content (AvgIpc) is 2.29. The van der Waals surface area contributed by atoms with Crippen molar-refractivity contribution in [1.82, 2.24) is 9.97 Å². The van der Waals surface area contributed by atoms with Crippen LogP contribution in [0.2, 0.25) is 10.3 Å². The summed E-state index contributed by atoms with van der Waals surface area (Å²) in [6.45, 7) is 0. The van der Waals surface area contributed by atoms with Gasteiger partial charge in [0.05, 0.1) is 9.50 Å². The van der Waals surface area contributed by atoms with E-state index in [-0.39, 0.29) is 5.28 Å². The van der Waals surface area contributed by atoms with E-state index in [1.165, 1.54) is 0 Å². The van der Waals surface area contributed by atoms with Gasteiger partial charge >= 0.3 is 0 Å². The summed E-state index contributed by atoms with van der Waals surface area (Å²) in [7, 11) is 0. The molecule has 1 heterocycles. The number of nitrogens with zero attached hydrogens (tertiary/aromatic N) is 2. The molecule has 88 valence electrons. The lowest BCUT2D eigenvalue weighted by atomic mass is 10.3. The van der Waals surface area contributed by atoms with Gasteiger partial charge in [-0.1, -0.05) is 11.6 Å². The quantitative estimate of drug-likeness (QED) is 0.720. The summed E-state index contributed by atoms with van der Waals surface area (Å²) in [5.74, 6) is 0.586. The minimum absolute atomic E-state index is 0.180. The van der Waals surface area contributed by atoms with Gasteiger partial charge in [-0.2, -0.15) is 4.98 Å². The van der Waals surface area contributed by atoms with E-state index in [2.05, 4.69) is 47.1 Å². The van der Waals surface area contributed by atoms with Crippen molar-refractivity contribution in [3.63, 3.8) is 0 Å². The molecule has 0 saturated carbocycles. The van der Waals surface area contributed by atoms with Crippen LogP contribution < -0.4 is 5.32 Å². The molecule has 0 aliphatic rings. The number of aromatic nitrogens is 2. The molecule has 7 heteroatoms. The molecule has 0 unspecified atom stereocenters. The Morgan fingerprint density at radius 2 is 1.88 bits per heavy atom. The first kappa shape index (κ1) is 13.1. The van der Waals surface area contributed by atoms with Crippen LogP contribution in [0, 0.1) is 0 Å². The Labute approximate surface area is 125 Å². The molecule has 2 rings (SSSR count). The van der Waals surface area contributed by atoms with E-state index in [1.54, 1.807) is 12.3 Å². The SMILES string of the molecule is Clc1ncc(Br)c(Nc2ccc(Br)c(Cl)c2)n1. The highest BCUT2D eigenvalue weighted by Crippen LogP contribution is 2.29. The van der Waals surface area contributed by atoms with Gasteiger partial charge in [-0.3, -0.25) is 0 Å². The standard InChI is InChI=1S/C10H5Br2Cl2N3/c11-6-2-1-5(3-8(6)13)16-9-7(12)4-15-10(14)17-9/h1-4H,(H,15,16,17). The van der Waals surface area contributed by atoms with Crippen molar-refractivity contribution in [1.29, 1.82) is 0 Å². The zero-order valence-corrected chi connectivity index (χ0v) is 12.9. The van der Waals surface area contributed by atoms with E-state index in [4.69, 9.17) is 23.2 Å². The largest absolute Gasteiger partial charge is 0.339 e. The molecule has 1 aromatic carbocycles. The van der Waals surface area contributed by atoms with E-state index < -0.39 is 0 Å². The van der Waals surface area contributed by atoms with Gasteiger partial charge in [-0.15, -0.1) is 0 Å². The highest BCUT2D eigenvalue weighted by atomic mass is 79.9. The first-order valence-corrected chi connectivity index (χ1v) is 6.80. The minimum atomic E-state index is 0.180. The summed E-state index contributed by atoms with van der Waals surface area (Å²) in [6.07, 6.45) is 1.58. The molecular formula is C10H5Br2Cl2N3. The van der Waals surface area contributed by atoms with E-state index in [1.807, 2.05) is 12.1 Å². The maximum absolute atomic E-state index is 5.99. The van der Waals surface area contributed by atoms with Gasteiger partial charge in [-0.25, -0.2) is 4.98 Å². The monoisotopic (exact) mass is 395 g/mol. The highest BCUT2D eigenvalue weighted by molar-refractivity contribution is 9.11. The first-order chi connectivity index (χ1) is 8.06. The summed E-state index contributed by atoms with van der Waals surface area (Å²) >= 11 is 18.4. The molecular weight excluding hydrogens is 393 g/mol. The third kappa shape index (κ3) is 3.31. The predicted octanol–water partition coefficient (Wildman–Crippen LogP) is 5.05. The fraction of sp³-hybridized carbons (Fsp3) is 0. The van der Waals surface area contributed by atoms with Crippen molar-refractivity contribution >= 4 is 66.6 Å². The van der Waals surface area contributed by atoms with Crippen LogP contribution in [0.25, 0.3) is 0 Å². The van der Waals surface area contributed by atoms with Crippen LogP contribution >= 0.6 is 55.1 Å². The molecule has 1 aromatic heterocycles. The Kier molecular flexibility index (Phi) is 4.25. The third-order valence-corrected chi connectivity index (χ3v) is 3.89. The zero-order valence-electron chi connectivity index (χ0n) is 8.22. The molecule has 0 aliphatic carbocycles. The second-order valence-corrected chi connectivity index (χ2v) is 5.54. The molecule has 0 saturated heterocycles. The zero-order chi connectivity index (χ0) is 12.4. The summed E-state index contributed by atoms with van der Waals surface area (Å²) in [4.78, 5) is 7.91. The molecule has 1 N–H and O–H groups in total. The van der Waals surface area contributed by atoms with E-state index in [0.29, 0.717) is 10.8 Å². The maximum atomic E-state index is 5.99. The number of halogens is 4. The molecule has 0 atom stereocenters. The fourth-order valence-corrected chi connectivity index (χ4v) is 1.99. The van der Waals surface area contributed by atoms with Crippen molar-refractivity contribution in [3.05, 3.63) is 43.6 Å². The smallest absolute Gasteiger partial charge is 0.224 e. The van der Waals surface area contributed by atoms with Crippen molar-refractivity contribution in [2.75, 3.05) is 5.32 Å². The van der Waals surface area contributed by atoms with Gasteiger partial charge in [0.15, 0.2) is 0 Å². The van der Waals surface area contributed by atoms with Crippen molar-refractivity contribution in [3.8, 4) is 0 Å². The third-order valence-electron chi connectivity index (χ3n) is 1.90. The van der Waals surface area contributed by atoms with Crippen LogP contribution in [0.5, 0.6) is 0 Å². The summed E-state index contributed by atoms with van der Waals surface area (Å²) < 4.78 is 1.56. The average molecular weight is 398 g/mol. The molecule has 0 amide bonds. The number of nitrogens with one attached hydrogen (secondary N) is 1. The number of rotatable bonds is 2. The summed E-state index contributed by atoms with van der Waals surface area (Å²) in [5, 5.41) is 3.89. The fourth-order valence-electron chi connectivity index (χ4n) is 1.14. The highest BCUT2D eigenvalue weighted by Gasteiger charge is 2.05. The Morgan fingerprint density at radius 3 is 2.59 bits per heavy atom. The first-order valence-electron chi connectivity index (χ1n) is 4.46. The van der Waals surface area contributed by atoms with Crippen LogP contribution in [0.1, 0.15) is 0 Å². The molecule has 2 aromatic rings. The van der Waals surface area contributed by atoms with Gasteiger partial charge in [-0.05, 0) is 61.7 Å². The predicted molar refractivity (Wildman–Crippen MR) is 77.2 cm³/mol. The van der Waals surface area contributed by atoms with E-state index >= 15 is 0 Å². The van der Waals surface area contributed by atoms with Crippen molar-refractivity contribution in [2.24, 2.45) is 0 Å². The molecule has 0 fully saturated rings. The van der Waals surface area contributed by atoms with Crippen molar-refractivity contribution in [2.45, 2.75) is 0 Å². The number of benzene rings is 1. The minimum Gasteiger partial charge on any atom is -0.339 e. The maximum Gasteiger partial charge on any atom is 0.224 e. The second-order valence-electron chi connectivity index (χ2n) is 3.09. The Balaban J connectivity index is 2.31. The van der Waals surface area contributed by atoms with Gasteiger partial charge in [0.2, 0.25) is 5.28 Å². The summed E-state index contributed by atoms with van der Waals surface area (Å²) in [5.41, 5.74) is 0.814. The van der Waals surface area contributed by atoms with E-state index in [0.717, 1.165) is 14.6 Å². The molecule has 0 spiro atoms. The Hall–Kier alpha value is -0.360. The van der Waals surface area contributed by atoms with Gasteiger partial charge in [0.25, 0.3) is 0 Å². The van der Waals surface area contributed by atoms with E-state index in [9.17, 15) is 0 Å². The number of hydrogen-bond donors (Lipinski definition) is 1. The lowest BCUT2D eigenvalue weighted by molar-refractivity contribution is 1.15. The van der Waals surface area contributed by atoms with Crippen LogP contribution in [-0.2, 0) is 0 Å². The van der Waals surface area contributed by atoms with Crippen LogP contribution in [-0.4, -0.2) is 9.97 Å². The summed E-state index contributed by atoms with van der Waals surface area (Å²) in [6, 6.07) is 5.51. The van der Waals surface area contributed by atoms with Crippen LogP contribution in [0.15, 0.2) is 33.3 Å². The molecule has 0 bridgehead atoms. The number of hydrogen-bond acceptors (Lipinski definition) is 3. The molecule has 17 heavy (non-hydrogen) atoms. The molecule has 0 radical (unpaired) electrons. The normalized spacial score (nSPS) is 10.4. The lowest BCUT2D eigenvalue weighted by Crippen LogP contribution is -1.96. The Morgan fingerprint density at radius 1 is 1.12 bits per heavy atom. The van der Waals surface area contributed by atoms with Crippen LogP contribution in [0.4, 0.5) is 11.5 Å². The number of anilines is 2.